The van der Waals surface area contributed by atoms with Crippen LogP contribution in [-0.2, 0) is 0 Å². The lowest BCUT2D eigenvalue weighted by Crippen LogP contribution is -2.55. The zero-order valence-electron chi connectivity index (χ0n) is 10.9. The molecule has 0 saturated carbocycles. The molecule has 108 valence electrons. The molecule has 0 aliphatic carbocycles. The summed E-state index contributed by atoms with van der Waals surface area (Å²) >= 11 is 0. The quantitative estimate of drug-likeness (QED) is 0.819. The molecule has 0 spiro atoms. The molecule has 6 heteroatoms. The Morgan fingerprint density at radius 1 is 1.11 bits per heavy atom. The highest BCUT2D eigenvalue weighted by Gasteiger charge is 2.54. The summed E-state index contributed by atoms with van der Waals surface area (Å²) < 4.78 is 37.8. The maximum absolute atomic E-state index is 12.6. The van der Waals surface area contributed by atoms with Gasteiger partial charge in [0.1, 0.15) is 0 Å². The van der Waals surface area contributed by atoms with Crippen LogP contribution in [0.1, 0.15) is 39.5 Å². The van der Waals surface area contributed by atoms with E-state index in [1.807, 2.05) is 13.8 Å². The third-order valence-corrected chi connectivity index (χ3v) is 4.05. The van der Waals surface area contributed by atoms with Crippen LogP contribution in [0.15, 0.2) is 0 Å². The molecule has 1 saturated heterocycles. The number of nitrogens with zero attached hydrogens (tertiary/aromatic N) is 1. The summed E-state index contributed by atoms with van der Waals surface area (Å²) in [7, 11) is 0. The van der Waals surface area contributed by atoms with E-state index in [9.17, 15) is 23.4 Å². The van der Waals surface area contributed by atoms with Crippen LogP contribution in [0, 0.1) is 0 Å². The SMILES string of the molecule is CCC(O)(CC)CN1CCC(O)(C(F)(F)F)CC1. The Labute approximate surface area is 106 Å². The van der Waals surface area contributed by atoms with Crippen LogP contribution in [-0.4, -0.2) is 52.1 Å². The van der Waals surface area contributed by atoms with E-state index in [-0.39, 0.29) is 25.9 Å². The number of hydrogen-bond acceptors (Lipinski definition) is 3. The van der Waals surface area contributed by atoms with Gasteiger partial charge in [-0.3, -0.25) is 0 Å². The summed E-state index contributed by atoms with van der Waals surface area (Å²) in [5.41, 5.74) is -3.40. The Kier molecular flexibility index (Phi) is 4.67. The van der Waals surface area contributed by atoms with Gasteiger partial charge in [-0.15, -0.1) is 0 Å². The fourth-order valence-corrected chi connectivity index (χ4v) is 2.25. The fourth-order valence-electron chi connectivity index (χ4n) is 2.25. The highest BCUT2D eigenvalue weighted by atomic mass is 19.4. The van der Waals surface area contributed by atoms with E-state index in [2.05, 4.69) is 0 Å². The number of rotatable bonds is 4. The van der Waals surface area contributed by atoms with Crippen molar-refractivity contribution in [3.8, 4) is 0 Å². The summed E-state index contributed by atoms with van der Waals surface area (Å²) in [6, 6.07) is 0. The molecule has 1 fully saturated rings. The van der Waals surface area contributed by atoms with Crippen molar-refractivity contribution >= 4 is 0 Å². The number of halogens is 3. The van der Waals surface area contributed by atoms with Crippen LogP contribution in [0.2, 0.25) is 0 Å². The van der Waals surface area contributed by atoms with Crippen LogP contribution in [0.25, 0.3) is 0 Å². The number of β-amino-alcohol motifs (C(OH)–C–C–N with tert-alkyl or cyclic N) is 1. The molecule has 2 N–H and O–H groups in total. The molecule has 1 aliphatic rings. The predicted molar refractivity (Wildman–Crippen MR) is 62.2 cm³/mol. The number of alkyl halides is 3. The number of piperidine rings is 1. The van der Waals surface area contributed by atoms with Gasteiger partial charge in [-0.2, -0.15) is 13.2 Å². The Hall–Kier alpha value is -0.330. The van der Waals surface area contributed by atoms with Crippen LogP contribution < -0.4 is 0 Å². The van der Waals surface area contributed by atoms with Crippen LogP contribution in [0.5, 0.6) is 0 Å². The molecule has 1 heterocycles. The van der Waals surface area contributed by atoms with Gasteiger partial charge in [0.2, 0.25) is 0 Å². The minimum absolute atomic E-state index is 0.165. The van der Waals surface area contributed by atoms with E-state index >= 15 is 0 Å². The summed E-state index contributed by atoms with van der Waals surface area (Å²) in [4.78, 5) is 1.80. The van der Waals surface area contributed by atoms with Gasteiger partial charge >= 0.3 is 6.18 Å². The van der Waals surface area contributed by atoms with Gasteiger partial charge in [0.15, 0.2) is 5.60 Å². The second-order valence-electron chi connectivity index (χ2n) is 5.24. The molecule has 1 aliphatic heterocycles. The third-order valence-electron chi connectivity index (χ3n) is 4.05. The maximum atomic E-state index is 12.6. The number of likely N-dealkylation sites (tertiary alicyclic amines) is 1. The van der Waals surface area contributed by atoms with Gasteiger partial charge in [-0.1, -0.05) is 13.8 Å². The van der Waals surface area contributed by atoms with Crippen molar-refractivity contribution in [2.45, 2.75) is 56.9 Å². The van der Waals surface area contributed by atoms with Gasteiger partial charge in [0.05, 0.1) is 5.60 Å². The minimum Gasteiger partial charge on any atom is -0.389 e. The zero-order valence-corrected chi connectivity index (χ0v) is 10.9. The molecular formula is C12H22F3NO2. The Balaban J connectivity index is 2.55. The second kappa shape index (κ2) is 5.35. The average Bonchev–Trinajstić information content (AvgIpc) is 2.31. The van der Waals surface area contributed by atoms with Gasteiger partial charge < -0.3 is 15.1 Å². The topological polar surface area (TPSA) is 43.7 Å². The Morgan fingerprint density at radius 2 is 1.56 bits per heavy atom. The van der Waals surface area contributed by atoms with E-state index in [0.29, 0.717) is 19.4 Å². The highest BCUT2D eigenvalue weighted by Crippen LogP contribution is 2.38. The summed E-state index contributed by atoms with van der Waals surface area (Å²) in [5.74, 6) is 0. The van der Waals surface area contributed by atoms with Crippen molar-refractivity contribution in [3.05, 3.63) is 0 Å². The van der Waals surface area contributed by atoms with E-state index in [1.54, 1.807) is 4.90 Å². The molecule has 0 aromatic heterocycles. The van der Waals surface area contributed by atoms with Gasteiger partial charge in [-0.25, -0.2) is 0 Å². The fraction of sp³-hybridized carbons (Fsp3) is 1.00. The first-order valence-electron chi connectivity index (χ1n) is 6.39. The van der Waals surface area contributed by atoms with Crippen molar-refractivity contribution in [1.82, 2.24) is 4.90 Å². The smallest absolute Gasteiger partial charge is 0.389 e. The Bertz CT molecular complexity index is 269. The number of aliphatic hydroxyl groups is 2. The van der Waals surface area contributed by atoms with Crippen molar-refractivity contribution in [3.63, 3.8) is 0 Å². The van der Waals surface area contributed by atoms with E-state index < -0.39 is 17.4 Å². The molecule has 18 heavy (non-hydrogen) atoms. The lowest BCUT2D eigenvalue weighted by atomic mass is 9.89. The lowest BCUT2D eigenvalue weighted by Gasteiger charge is -2.41. The molecular weight excluding hydrogens is 247 g/mol. The van der Waals surface area contributed by atoms with Crippen molar-refractivity contribution in [2.24, 2.45) is 0 Å². The van der Waals surface area contributed by atoms with Gasteiger partial charge in [0.25, 0.3) is 0 Å². The van der Waals surface area contributed by atoms with Crippen molar-refractivity contribution in [2.75, 3.05) is 19.6 Å². The number of hydrogen-bond donors (Lipinski definition) is 2. The van der Waals surface area contributed by atoms with E-state index in [1.165, 1.54) is 0 Å². The first-order chi connectivity index (χ1) is 8.16. The Morgan fingerprint density at radius 3 is 1.89 bits per heavy atom. The first kappa shape index (κ1) is 15.7. The summed E-state index contributed by atoms with van der Waals surface area (Å²) in [5, 5.41) is 19.7. The van der Waals surface area contributed by atoms with E-state index in [4.69, 9.17) is 0 Å². The molecule has 0 radical (unpaired) electrons. The monoisotopic (exact) mass is 269 g/mol. The van der Waals surface area contributed by atoms with Crippen LogP contribution in [0.3, 0.4) is 0 Å². The van der Waals surface area contributed by atoms with Gasteiger partial charge in [0, 0.05) is 19.6 Å². The molecule has 0 atom stereocenters. The molecule has 0 aromatic carbocycles. The van der Waals surface area contributed by atoms with E-state index in [0.717, 1.165) is 0 Å². The highest BCUT2D eigenvalue weighted by molar-refractivity contribution is 4.93. The summed E-state index contributed by atoms with van der Waals surface area (Å²) in [6.45, 7) is 4.42. The standard InChI is InChI=1S/C12H22F3NO2/c1-3-10(17,4-2)9-16-7-5-11(18,6-8-16)12(13,14)15/h17-18H,3-9H2,1-2H3. The second-order valence-corrected chi connectivity index (χ2v) is 5.24. The van der Waals surface area contributed by atoms with Gasteiger partial charge in [-0.05, 0) is 25.7 Å². The predicted octanol–water partition coefficient (Wildman–Crippen LogP) is 1.93. The first-order valence-corrected chi connectivity index (χ1v) is 6.39. The molecule has 0 unspecified atom stereocenters. The largest absolute Gasteiger partial charge is 0.417 e. The molecule has 0 aromatic rings. The molecule has 0 amide bonds. The normalized spacial score (nSPS) is 22.2. The van der Waals surface area contributed by atoms with Crippen molar-refractivity contribution < 1.29 is 23.4 Å². The molecule has 1 rings (SSSR count). The third kappa shape index (κ3) is 3.36. The zero-order chi connectivity index (χ0) is 14.0. The lowest BCUT2D eigenvalue weighted by molar-refractivity contribution is -0.273. The average molecular weight is 269 g/mol. The van der Waals surface area contributed by atoms with Crippen LogP contribution >= 0.6 is 0 Å². The summed E-state index contributed by atoms with van der Waals surface area (Å²) in [6.07, 6.45) is -4.06. The molecule has 0 bridgehead atoms. The maximum Gasteiger partial charge on any atom is 0.417 e. The molecule has 3 nitrogen and oxygen atoms in total. The van der Waals surface area contributed by atoms with Crippen molar-refractivity contribution in [1.29, 1.82) is 0 Å². The van der Waals surface area contributed by atoms with Crippen LogP contribution in [0.4, 0.5) is 13.2 Å². The minimum atomic E-state index is -4.56.